The molecule has 0 radical (unpaired) electrons. The molecule has 116 valence electrons. The van der Waals surface area contributed by atoms with Crippen LogP contribution < -0.4 is 15.5 Å². The number of nitrogens with two attached hydrogens (primary N) is 1. The Hall–Kier alpha value is -1.92. The monoisotopic (exact) mass is 299 g/mol. The van der Waals surface area contributed by atoms with Crippen LogP contribution in [-0.4, -0.2) is 55.9 Å². The predicted molar refractivity (Wildman–Crippen MR) is 87.3 cm³/mol. The quantitative estimate of drug-likeness (QED) is 0.907. The molecule has 2 fully saturated rings. The lowest BCUT2D eigenvalue weighted by Gasteiger charge is -2.40. The molecule has 2 aromatic heterocycles. The first-order valence-corrected chi connectivity index (χ1v) is 7.88. The van der Waals surface area contributed by atoms with E-state index in [0.717, 1.165) is 68.5 Å². The predicted octanol–water partition coefficient (Wildman–Crippen LogP) is 0.861. The number of hydrogen-bond donors (Lipinski definition) is 1. The number of fused-ring (bicyclic) bond motifs is 1. The lowest BCUT2D eigenvalue weighted by atomic mass is 10.00. The second kappa shape index (κ2) is 5.70. The van der Waals surface area contributed by atoms with Crippen molar-refractivity contribution in [1.82, 2.24) is 9.97 Å². The van der Waals surface area contributed by atoms with E-state index >= 15 is 0 Å². The van der Waals surface area contributed by atoms with Crippen LogP contribution in [0.5, 0.6) is 0 Å². The van der Waals surface area contributed by atoms with Crippen LogP contribution in [0.25, 0.3) is 10.9 Å². The van der Waals surface area contributed by atoms with Crippen molar-refractivity contribution in [3.05, 3.63) is 24.4 Å². The summed E-state index contributed by atoms with van der Waals surface area (Å²) in [6.07, 6.45) is 1.84. The van der Waals surface area contributed by atoms with Crippen LogP contribution in [0.3, 0.4) is 0 Å². The second-order valence-corrected chi connectivity index (χ2v) is 5.98. The van der Waals surface area contributed by atoms with Gasteiger partial charge in [0.2, 0.25) is 0 Å². The highest BCUT2D eigenvalue weighted by molar-refractivity contribution is 5.92. The van der Waals surface area contributed by atoms with Gasteiger partial charge in [-0.15, -0.1) is 0 Å². The topological polar surface area (TPSA) is 67.5 Å². The first-order chi connectivity index (χ1) is 10.8. The molecule has 2 aliphatic heterocycles. The minimum absolute atomic E-state index is 0.584. The third-order valence-corrected chi connectivity index (χ3v) is 4.49. The van der Waals surface area contributed by atoms with E-state index < -0.39 is 0 Å². The van der Waals surface area contributed by atoms with E-state index in [9.17, 15) is 0 Å². The van der Waals surface area contributed by atoms with Crippen LogP contribution in [0.4, 0.5) is 11.6 Å². The number of aromatic nitrogens is 2. The van der Waals surface area contributed by atoms with Gasteiger partial charge in [-0.25, -0.2) is 4.98 Å². The van der Waals surface area contributed by atoms with Crippen molar-refractivity contribution in [3.8, 4) is 0 Å². The van der Waals surface area contributed by atoms with E-state index in [1.54, 1.807) is 0 Å². The summed E-state index contributed by atoms with van der Waals surface area (Å²) in [5.74, 6) is 2.62. The van der Waals surface area contributed by atoms with Gasteiger partial charge in [0.05, 0.1) is 18.7 Å². The smallest absolute Gasteiger partial charge is 0.140 e. The molecule has 6 nitrogen and oxygen atoms in total. The zero-order chi connectivity index (χ0) is 14.9. The molecule has 0 aromatic carbocycles. The molecule has 0 unspecified atom stereocenters. The highest BCUT2D eigenvalue weighted by atomic mass is 16.5. The third-order valence-electron chi connectivity index (χ3n) is 4.49. The molecule has 0 amide bonds. The number of ether oxygens (including phenoxy) is 1. The Morgan fingerprint density at radius 3 is 2.82 bits per heavy atom. The van der Waals surface area contributed by atoms with Gasteiger partial charge in [0.1, 0.15) is 11.6 Å². The fourth-order valence-electron chi connectivity index (χ4n) is 3.13. The van der Waals surface area contributed by atoms with Gasteiger partial charge in [-0.05, 0) is 18.7 Å². The number of hydrogen-bond acceptors (Lipinski definition) is 6. The number of rotatable bonds is 3. The molecule has 4 heterocycles. The molecule has 2 aromatic rings. The summed E-state index contributed by atoms with van der Waals surface area (Å²) >= 11 is 0. The Balaban J connectivity index is 1.73. The van der Waals surface area contributed by atoms with Crippen molar-refractivity contribution in [2.75, 3.05) is 55.7 Å². The van der Waals surface area contributed by atoms with Crippen molar-refractivity contribution in [1.29, 1.82) is 0 Å². The molecule has 2 saturated heterocycles. The van der Waals surface area contributed by atoms with Gasteiger partial charge in [-0.3, -0.25) is 4.98 Å². The lowest BCUT2D eigenvalue weighted by Crippen LogP contribution is -2.50. The van der Waals surface area contributed by atoms with Crippen molar-refractivity contribution >= 4 is 22.5 Å². The first-order valence-electron chi connectivity index (χ1n) is 7.88. The van der Waals surface area contributed by atoms with Crippen LogP contribution >= 0.6 is 0 Å². The van der Waals surface area contributed by atoms with Gasteiger partial charge in [-0.1, -0.05) is 0 Å². The standard InChI is InChI=1S/C16H21N5O/c17-9-12-10-21(11-12)16-13-2-1-3-18-14(13)8-15(19-16)20-4-6-22-7-5-20/h1-3,8,12H,4-7,9-11,17H2. The minimum atomic E-state index is 0.584. The van der Waals surface area contributed by atoms with Crippen LogP contribution in [0.2, 0.25) is 0 Å². The summed E-state index contributed by atoms with van der Waals surface area (Å²) in [6.45, 7) is 6.01. The molecule has 4 rings (SSSR count). The molecule has 0 saturated carbocycles. The molecule has 0 spiro atoms. The highest BCUT2D eigenvalue weighted by Gasteiger charge is 2.28. The lowest BCUT2D eigenvalue weighted by molar-refractivity contribution is 0.122. The van der Waals surface area contributed by atoms with Crippen molar-refractivity contribution in [3.63, 3.8) is 0 Å². The molecule has 2 N–H and O–H groups in total. The maximum Gasteiger partial charge on any atom is 0.140 e. The summed E-state index contributed by atoms with van der Waals surface area (Å²) in [5, 5.41) is 1.12. The van der Waals surface area contributed by atoms with E-state index in [2.05, 4.69) is 26.9 Å². The van der Waals surface area contributed by atoms with E-state index in [1.807, 2.05) is 12.3 Å². The Bertz CT molecular complexity index is 665. The molecular formula is C16H21N5O. The van der Waals surface area contributed by atoms with E-state index in [0.29, 0.717) is 5.92 Å². The van der Waals surface area contributed by atoms with Crippen molar-refractivity contribution in [2.24, 2.45) is 11.7 Å². The van der Waals surface area contributed by atoms with Gasteiger partial charge >= 0.3 is 0 Å². The Morgan fingerprint density at radius 1 is 1.23 bits per heavy atom. The number of nitrogens with zero attached hydrogens (tertiary/aromatic N) is 4. The van der Waals surface area contributed by atoms with E-state index in [4.69, 9.17) is 15.5 Å². The van der Waals surface area contributed by atoms with Crippen molar-refractivity contribution in [2.45, 2.75) is 0 Å². The Kier molecular flexibility index (Phi) is 3.56. The van der Waals surface area contributed by atoms with E-state index in [1.165, 1.54) is 0 Å². The van der Waals surface area contributed by atoms with Gasteiger partial charge in [0.15, 0.2) is 0 Å². The average molecular weight is 299 g/mol. The highest BCUT2D eigenvalue weighted by Crippen LogP contribution is 2.32. The first kappa shape index (κ1) is 13.7. The minimum Gasteiger partial charge on any atom is -0.378 e. The summed E-state index contributed by atoms with van der Waals surface area (Å²) < 4.78 is 5.44. The maximum atomic E-state index is 5.75. The third kappa shape index (κ3) is 2.38. The summed E-state index contributed by atoms with van der Waals surface area (Å²) in [6, 6.07) is 6.16. The SMILES string of the molecule is NCC1CN(c2nc(N3CCOCC3)cc3ncccc23)C1. The second-order valence-electron chi connectivity index (χ2n) is 5.98. The average Bonchev–Trinajstić information content (AvgIpc) is 2.54. The van der Waals surface area contributed by atoms with Crippen LogP contribution in [0.1, 0.15) is 0 Å². The molecule has 0 atom stereocenters. The van der Waals surface area contributed by atoms with Crippen molar-refractivity contribution < 1.29 is 4.74 Å². The molecule has 2 aliphatic rings. The normalized spacial score (nSPS) is 19.5. The number of anilines is 2. The molecule has 22 heavy (non-hydrogen) atoms. The Labute approximate surface area is 129 Å². The molecule has 0 aliphatic carbocycles. The summed E-state index contributed by atoms with van der Waals surface area (Å²) in [4.78, 5) is 14.0. The zero-order valence-electron chi connectivity index (χ0n) is 12.6. The Morgan fingerprint density at radius 2 is 2.05 bits per heavy atom. The van der Waals surface area contributed by atoms with Crippen LogP contribution in [0, 0.1) is 5.92 Å². The number of morpholine rings is 1. The van der Waals surface area contributed by atoms with Gasteiger partial charge in [-0.2, -0.15) is 0 Å². The van der Waals surface area contributed by atoms with Crippen LogP contribution in [0.15, 0.2) is 24.4 Å². The van der Waals surface area contributed by atoms with E-state index in [-0.39, 0.29) is 0 Å². The molecule has 6 heteroatoms. The zero-order valence-corrected chi connectivity index (χ0v) is 12.6. The van der Waals surface area contributed by atoms with Gasteiger partial charge in [0.25, 0.3) is 0 Å². The largest absolute Gasteiger partial charge is 0.378 e. The van der Waals surface area contributed by atoms with Gasteiger partial charge < -0.3 is 20.3 Å². The number of pyridine rings is 2. The van der Waals surface area contributed by atoms with Crippen LogP contribution in [-0.2, 0) is 4.74 Å². The van der Waals surface area contributed by atoms with Gasteiger partial charge in [0, 0.05) is 49.7 Å². The maximum absolute atomic E-state index is 5.75. The summed E-state index contributed by atoms with van der Waals surface area (Å²) in [5.41, 5.74) is 6.76. The fourth-order valence-corrected chi connectivity index (χ4v) is 3.13. The fraction of sp³-hybridized carbons (Fsp3) is 0.500. The summed E-state index contributed by atoms with van der Waals surface area (Å²) in [7, 11) is 0. The molecular weight excluding hydrogens is 278 g/mol. The molecule has 0 bridgehead atoms.